The minimum atomic E-state index is 0.141. The van der Waals surface area contributed by atoms with Crippen LogP contribution in [0.4, 0.5) is 0 Å². The molecular weight excluding hydrogens is 218 g/mol. The van der Waals surface area contributed by atoms with Gasteiger partial charge in [-0.15, -0.1) is 11.3 Å². The normalized spacial score (nSPS) is 10.3. The van der Waals surface area contributed by atoms with Crippen molar-refractivity contribution in [2.24, 2.45) is 0 Å². The summed E-state index contributed by atoms with van der Waals surface area (Å²) in [5, 5.41) is 0.633. The maximum absolute atomic E-state index is 11.8. The van der Waals surface area contributed by atoms with Gasteiger partial charge >= 0.3 is 0 Å². The number of carbonyl (C=O) groups is 1. The number of nitrogens with zero attached hydrogens (tertiary/aromatic N) is 1. The molecule has 0 spiro atoms. The zero-order valence-electron chi connectivity index (χ0n) is 9.14. The number of hydrogen-bond acceptors (Lipinski definition) is 3. The molecule has 0 atom stereocenters. The molecule has 0 bridgehead atoms. The monoisotopic (exact) mass is 231 g/mol. The molecule has 0 radical (unpaired) electrons. The zero-order valence-corrected chi connectivity index (χ0v) is 9.96. The van der Waals surface area contributed by atoms with Crippen molar-refractivity contribution in [1.29, 1.82) is 0 Å². The molecule has 1 aromatic carbocycles. The maximum Gasteiger partial charge on any atom is 0.191 e. The molecule has 0 aliphatic heterocycles. The minimum Gasteiger partial charge on any atom is -0.292 e. The van der Waals surface area contributed by atoms with Crippen molar-refractivity contribution in [1.82, 2.24) is 4.98 Å². The Bertz CT molecular complexity index is 476. The molecule has 0 amide bonds. The van der Waals surface area contributed by atoms with Crippen molar-refractivity contribution >= 4 is 17.1 Å². The second-order valence-electron chi connectivity index (χ2n) is 3.68. The quantitative estimate of drug-likeness (QED) is 0.756. The van der Waals surface area contributed by atoms with Crippen LogP contribution in [0, 0.1) is 6.92 Å². The SMILES string of the molecule is Cc1cnc(C(=O)CCc2ccccc2)s1. The predicted octanol–water partition coefficient (Wildman–Crippen LogP) is 3.27. The summed E-state index contributed by atoms with van der Waals surface area (Å²) in [7, 11) is 0. The van der Waals surface area contributed by atoms with Gasteiger partial charge in [-0.3, -0.25) is 4.79 Å². The van der Waals surface area contributed by atoms with E-state index in [2.05, 4.69) is 4.98 Å². The van der Waals surface area contributed by atoms with Crippen LogP contribution in [0.2, 0.25) is 0 Å². The number of carbonyl (C=O) groups excluding carboxylic acids is 1. The number of ketones is 1. The van der Waals surface area contributed by atoms with Crippen LogP contribution in [-0.4, -0.2) is 10.8 Å². The molecule has 0 N–H and O–H groups in total. The Morgan fingerprint density at radius 2 is 2.06 bits per heavy atom. The third-order valence-corrected chi connectivity index (χ3v) is 3.30. The molecule has 1 aromatic heterocycles. The van der Waals surface area contributed by atoms with Crippen molar-refractivity contribution in [3.05, 3.63) is 52.0 Å². The van der Waals surface area contributed by atoms with Crippen LogP contribution in [0.25, 0.3) is 0 Å². The number of aromatic nitrogens is 1. The average Bonchev–Trinajstić information content (AvgIpc) is 2.74. The minimum absolute atomic E-state index is 0.141. The second kappa shape index (κ2) is 5.03. The smallest absolute Gasteiger partial charge is 0.191 e. The van der Waals surface area contributed by atoms with E-state index in [9.17, 15) is 4.79 Å². The molecule has 1 heterocycles. The Hall–Kier alpha value is -1.48. The summed E-state index contributed by atoms with van der Waals surface area (Å²) in [6, 6.07) is 10.1. The molecular formula is C13H13NOS. The van der Waals surface area contributed by atoms with Gasteiger partial charge in [0.25, 0.3) is 0 Å². The Labute approximate surface area is 99.0 Å². The highest BCUT2D eigenvalue weighted by atomic mass is 32.1. The topological polar surface area (TPSA) is 30.0 Å². The van der Waals surface area contributed by atoms with Gasteiger partial charge in [-0.1, -0.05) is 30.3 Å². The molecule has 0 aliphatic carbocycles. The molecule has 0 aliphatic rings. The fraction of sp³-hybridized carbons (Fsp3) is 0.231. The number of benzene rings is 1. The number of hydrogen-bond donors (Lipinski definition) is 0. The highest BCUT2D eigenvalue weighted by molar-refractivity contribution is 7.13. The van der Waals surface area contributed by atoms with Gasteiger partial charge in [0.05, 0.1) is 0 Å². The Kier molecular flexibility index (Phi) is 3.47. The summed E-state index contributed by atoms with van der Waals surface area (Å²) in [6.45, 7) is 1.96. The van der Waals surface area contributed by atoms with Crippen LogP contribution in [-0.2, 0) is 6.42 Å². The van der Waals surface area contributed by atoms with E-state index in [1.54, 1.807) is 6.20 Å². The highest BCUT2D eigenvalue weighted by Crippen LogP contribution is 2.14. The number of thiazole rings is 1. The van der Waals surface area contributed by atoms with Gasteiger partial charge in [-0.2, -0.15) is 0 Å². The van der Waals surface area contributed by atoms with Crippen molar-refractivity contribution in [2.45, 2.75) is 19.8 Å². The van der Waals surface area contributed by atoms with Crippen LogP contribution >= 0.6 is 11.3 Å². The molecule has 2 nitrogen and oxygen atoms in total. The molecule has 2 rings (SSSR count). The standard InChI is InChI=1S/C13H13NOS/c1-10-9-14-13(16-10)12(15)8-7-11-5-3-2-4-6-11/h2-6,9H,7-8H2,1H3. The van der Waals surface area contributed by atoms with E-state index in [-0.39, 0.29) is 5.78 Å². The van der Waals surface area contributed by atoms with Gasteiger partial charge in [0.2, 0.25) is 0 Å². The molecule has 0 saturated heterocycles. The summed E-state index contributed by atoms with van der Waals surface area (Å²) in [4.78, 5) is 17.0. The lowest BCUT2D eigenvalue weighted by atomic mass is 10.1. The zero-order chi connectivity index (χ0) is 11.4. The Balaban J connectivity index is 1.94. The van der Waals surface area contributed by atoms with E-state index in [0.717, 1.165) is 11.3 Å². The first kappa shape index (κ1) is 11.0. The lowest BCUT2D eigenvalue weighted by molar-refractivity contribution is 0.0982. The number of Topliss-reactive ketones (excluding diaryl/α,β-unsaturated/α-hetero) is 1. The third-order valence-electron chi connectivity index (χ3n) is 2.34. The van der Waals surface area contributed by atoms with E-state index < -0.39 is 0 Å². The van der Waals surface area contributed by atoms with Gasteiger partial charge < -0.3 is 0 Å². The first-order valence-corrected chi connectivity index (χ1v) is 6.07. The van der Waals surface area contributed by atoms with Crippen LogP contribution in [0.15, 0.2) is 36.5 Å². The Morgan fingerprint density at radius 1 is 1.31 bits per heavy atom. The predicted molar refractivity (Wildman–Crippen MR) is 65.9 cm³/mol. The van der Waals surface area contributed by atoms with Crippen LogP contribution < -0.4 is 0 Å². The lowest BCUT2D eigenvalue weighted by Crippen LogP contribution is -2.00. The van der Waals surface area contributed by atoms with E-state index >= 15 is 0 Å². The molecule has 0 unspecified atom stereocenters. The lowest BCUT2D eigenvalue weighted by Gasteiger charge is -1.98. The largest absolute Gasteiger partial charge is 0.292 e. The van der Waals surface area contributed by atoms with Gasteiger partial charge in [0.15, 0.2) is 10.8 Å². The molecule has 82 valence electrons. The van der Waals surface area contributed by atoms with Crippen molar-refractivity contribution < 1.29 is 4.79 Å². The molecule has 16 heavy (non-hydrogen) atoms. The number of aryl methyl sites for hydroxylation is 2. The molecule has 0 saturated carbocycles. The molecule has 2 aromatic rings. The van der Waals surface area contributed by atoms with E-state index in [1.807, 2.05) is 37.3 Å². The average molecular weight is 231 g/mol. The summed E-state index contributed by atoms with van der Waals surface area (Å²) in [6.07, 6.45) is 3.08. The second-order valence-corrected chi connectivity index (χ2v) is 4.92. The summed E-state index contributed by atoms with van der Waals surface area (Å²) < 4.78 is 0. The van der Waals surface area contributed by atoms with Gasteiger partial charge in [-0.05, 0) is 18.9 Å². The van der Waals surface area contributed by atoms with Crippen LogP contribution in [0.5, 0.6) is 0 Å². The van der Waals surface area contributed by atoms with E-state index in [4.69, 9.17) is 0 Å². The summed E-state index contributed by atoms with van der Waals surface area (Å²) in [5.41, 5.74) is 1.20. The molecule has 3 heteroatoms. The van der Waals surface area contributed by atoms with E-state index in [1.165, 1.54) is 16.9 Å². The first-order valence-electron chi connectivity index (χ1n) is 5.25. The fourth-order valence-electron chi connectivity index (χ4n) is 1.49. The summed E-state index contributed by atoms with van der Waals surface area (Å²) >= 11 is 1.47. The van der Waals surface area contributed by atoms with E-state index in [0.29, 0.717) is 11.4 Å². The van der Waals surface area contributed by atoms with Gasteiger partial charge in [0, 0.05) is 17.5 Å². The highest BCUT2D eigenvalue weighted by Gasteiger charge is 2.09. The molecule has 0 fully saturated rings. The van der Waals surface area contributed by atoms with Crippen LogP contribution in [0.1, 0.15) is 26.7 Å². The first-order chi connectivity index (χ1) is 7.75. The van der Waals surface area contributed by atoms with Gasteiger partial charge in [-0.25, -0.2) is 4.98 Å². The van der Waals surface area contributed by atoms with Crippen molar-refractivity contribution in [3.63, 3.8) is 0 Å². The number of rotatable bonds is 4. The fourth-order valence-corrected chi connectivity index (χ4v) is 2.22. The van der Waals surface area contributed by atoms with Gasteiger partial charge in [0.1, 0.15) is 0 Å². The van der Waals surface area contributed by atoms with Crippen molar-refractivity contribution in [3.8, 4) is 0 Å². The Morgan fingerprint density at radius 3 is 2.69 bits per heavy atom. The summed E-state index contributed by atoms with van der Waals surface area (Å²) in [5.74, 6) is 0.141. The van der Waals surface area contributed by atoms with Crippen LogP contribution in [0.3, 0.4) is 0 Å². The van der Waals surface area contributed by atoms with Crippen molar-refractivity contribution in [2.75, 3.05) is 0 Å². The third kappa shape index (κ3) is 2.76. The maximum atomic E-state index is 11.8.